The fourth-order valence-electron chi connectivity index (χ4n) is 2.25. The highest BCUT2D eigenvalue weighted by Crippen LogP contribution is 2.34. The minimum Gasteiger partial charge on any atom is -0.379 e. The van der Waals surface area contributed by atoms with Crippen molar-refractivity contribution in [1.29, 1.82) is 0 Å². The van der Waals surface area contributed by atoms with Crippen LogP contribution in [0.3, 0.4) is 0 Å². The number of aryl methyl sites for hydroxylation is 1. The Bertz CT molecular complexity index is 872. The molecule has 1 amide bonds. The average molecular weight is 402 g/mol. The lowest BCUT2D eigenvalue weighted by Gasteiger charge is -2.11. The number of carbonyl (C=O) groups excluding carboxylic acids is 1. The molecule has 144 valence electrons. The number of hydrogen-bond acceptors (Lipinski definition) is 4. The fraction of sp³-hybridized carbons (Fsp3) is 0.235. The van der Waals surface area contributed by atoms with Crippen molar-refractivity contribution in [3.63, 3.8) is 0 Å². The molecule has 6 nitrogen and oxygen atoms in total. The third kappa shape index (κ3) is 5.58. The van der Waals surface area contributed by atoms with Crippen molar-refractivity contribution < 1.29 is 22.9 Å². The van der Waals surface area contributed by atoms with E-state index in [1.165, 1.54) is 0 Å². The number of nitro benzene ring substituents is 1. The van der Waals surface area contributed by atoms with Gasteiger partial charge in [0.1, 0.15) is 5.69 Å². The fourth-order valence-corrected chi connectivity index (χ4v) is 2.54. The number of benzene rings is 2. The van der Waals surface area contributed by atoms with E-state index in [0.29, 0.717) is 16.8 Å². The Kier molecular flexibility index (Phi) is 6.27. The van der Waals surface area contributed by atoms with Gasteiger partial charge in [-0.2, -0.15) is 13.2 Å². The van der Waals surface area contributed by atoms with Crippen LogP contribution in [0.1, 0.15) is 17.5 Å². The molecule has 0 aromatic heterocycles. The van der Waals surface area contributed by atoms with Crippen molar-refractivity contribution in [3.8, 4) is 0 Å². The Hall–Kier alpha value is -2.81. The molecule has 0 radical (unpaired) electrons. The zero-order chi connectivity index (χ0) is 20.2. The van der Waals surface area contributed by atoms with E-state index in [2.05, 4.69) is 10.6 Å². The summed E-state index contributed by atoms with van der Waals surface area (Å²) in [4.78, 5) is 22.0. The maximum atomic E-state index is 12.7. The van der Waals surface area contributed by atoms with Gasteiger partial charge in [-0.3, -0.25) is 14.9 Å². The molecule has 0 aliphatic rings. The summed E-state index contributed by atoms with van der Waals surface area (Å²) in [6, 6.07) is 7.25. The van der Waals surface area contributed by atoms with E-state index in [1.807, 2.05) is 6.92 Å². The number of alkyl halides is 3. The summed E-state index contributed by atoms with van der Waals surface area (Å²) in [6.07, 6.45) is -4.75. The normalized spacial score (nSPS) is 11.1. The van der Waals surface area contributed by atoms with Crippen LogP contribution in [-0.2, 0) is 11.0 Å². The number of nitro groups is 1. The molecule has 10 heteroatoms. The maximum Gasteiger partial charge on any atom is 0.416 e. The van der Waals surface area contributed by atoms with Crippen molar-refractivity contribution in [2.24, 2.45) is 0 Å². The van der Waals surface area contributed by atoms with Crippen LogP contribution in [0.2, 0.25) is 5.02 Å². The summed E-state index contributed by atoms with van der Waals surface area (Å²) in [5, 5.41) is 16.6. The van der Waals surface area contributed by atoms with Gasteiger partial charge in [-0.1, -0.05) is 17.7 Å². The Labute approximate surface area is 157 Å². The van der Waals surface area contributed by atoms with Crippen molar-refractivity contribution in [1.82, 2.24) is 0 Å². The highest BCUT2D eigenvalue weighted by Gasteiger charge is 2.33. The highest BCUT2D eigenvalue weighted by molar-refractivity contribution is 6.33. The number of nitrogens with zero attached hydrogens (tertiary/aromatic N) is 1. The van der Waals surface area contributed by atoms with Gasteiger partial charge in [0, 0.05) is 19.0 Å². The molecule has 2 rings (SSSR count). The first-order valence-electron chi connectivity index (χ1n) is 7.73. The summed E-state index contributed by atoms with van der Waals surface area (Å²) in [5.41, 5.74) is -0.588. The molecular formula is C17H15ClF3N3O3. The summed E-state index contributed by atoms with van der Waals surface area (Å²) < 4.78 is 38.0. The molecule has 0 bridgehead atoms. The van der Waals surface area contributed by atoms with Crippen LogP contribution in [0.15, 0.2) is 36.4 Å². The van der Waals surface area contributed by atoms with Gasteiger partial charge in [-0.05, 0) is 36.8 Å². The van der Waals surface area contributed by atoms with E-state index in [1.54, 1.807) is 18.2 Å². The highest BCUT2D eigenvalue weighted by atomic mass is 35.5. The van der Waals surface area contributed by atoms with Crippen LogP contribution >= 0.6 is 11.6 Å². The van der Waals surface area contributed by atoms with E-state index in [-0.39, 0.29) is 18.7 Å². The Morgan fingerprint density at radius 3 is 2.44 bits per heavy atom. The smallest absolute Gasteiger partial charge is 0.379 e. The Morgan fingerprint density at radius 1 is 1.19 bits per heavy atom. The lowest BCUT2D eigenvalue weighted by Crippen LogP contribution is -2.17. The molecule has 0 unspecified atom stereocenters. The topological polar surface area (TPSA) is 84.3 Å². The van der Waals surface area contributed by atoms with Gasteiger partial charge in [-0.25, -0.2) is 0 Å². The monoisotopic (exact) mass is 401 g/mol. The van der Waals surface area contributed by atoms with Gasteiger partial charge in [0.15, 0.2) is 0 Å². The number of nitrogens with one attached hydrogen (secondary N) is 2. The first kappa shape index (κ1) is 20.5. The number of rotatable bonds is 6. The van der Waals surface area contributed by atoms with Crippen LogP contribution in [0, 0.1) is 17.0 Å². The van der Waals surface area contributed by atoms with E-state index in [4.69, 9.17) is 11.6 Å². The molecule has 0 spiro atoms. The van der Waals surface area contributed by atoms with Crippen LogP contribution in [0.25, 0.3) is 0 Å². The minimum absolute atomic E-state index is 0.0124. The molecule has 2 aromatic carbocycles. The van der Waals surface area contributed by atoms with Crippen LogP contribution in [0.5, 0.6) is 0 Å². The summed E-state index contributed by atoms with van der Waals surface area (Å²) in [5.74, 6) is -0.400. The zero-order valence-corrected chi connectivity index (χ0v) is 14.8. The van der Waals surface area contributed by atoms with Gasteiger partial charge in [0.05, 0.1) is 21.2 Å². The lowest BCUT2D eigenvalue weighted by atomic mass is 10.1. The van der Waals surface area contributed by atoms with Crippen molar-refractivity contribution >= 4 is 34.6 Å². The summed E-state index contributed by atoms with van der Waals surface area (Å²) in [6.45, 7) is 1.83. The zero-order valence-electron chi connectivity index (χ0n) is 14.1. The maximum absolute atomic E-state index is 12.7. The molecular weight excluding hydrogens is 387 g/mol. The predicted octanol–water partition coefficient (Wildman–Crippen LogP) is 5.02. The Balaban J connectivity index is 2.00. The number of halogens is 4. The second-order valence-corrected chi connectivity index (χ2v) is 6.10. The van der Waals surface area contributed by atoms with Crippen molar-refractivity contribution in [2.75, 3.05) is 17.2 Å². The third-order valence-electron chi connectivity index (χ3n) is 3.59. The largest absolute Gasteiger partial charge is 0.416 e. The number of amides is 1. The molecule has 2 N–H and O–H groups in total. The molecule has 0 fully saturated rings. The first-order chi connectivity index (χ1) is 12.6. The van der Waals surface area contributed by atoms with Gasteiger partial charge < -0.3 is 10.6 Å². The molecule has 0 saturated carbocycles. The quantitative estimate of drug-likeness (QED) is 0.526. The minimum atomic E-state index is -4.68. The standard InChI is InChI=1S/C17H15ClF3N3O3/c1-10-2-4-13(12(18)8-10)23-16(25)6-7-22-14-5-3-11(17(19,20)21)9-15(14)24(26)27/h2-5,8-9,22H,6-7H2,1H3,(H,23,25). The number of carbonyl (C=O) groups is 1. The lowest BCUT2D eigenvalue weighted by molar-refractivity contribution is -0.384. The number of hydrogen-bond donors (Lipinski definition) is 2. The first-order valence-corrected chi connectivity index (χ1v) is 8.11. The molecule has 27 heavy (non-hydrogen) atoms. The second kappa shape index (κ2) is 8.26. The number of anilines is 2. The molecule has 2 aromatic rings. The van der Waals surface area contributed by atoms with E-state index < -0.39 is 28.3 Å². The second-order valence-electron chi connectivity index (χ2n) is 5.70. The molecule has 0 heterocycles. The molecule has 0 atom stereocenters. The average Bonchev–Trinajstić information content (AvgIpc) is 2.56. The van der Waals surface area contributed by atoms with Gasteiger partial charge in [0.2, 0.25) is 5.91 Å². The predicted molar refractivity (Wildman–Crippen MR) is 96.0 cm³/mol. The third-order valence-corrected chi connectivity index (χ3v) is 3.90. The molecule has 0 saturated heterocycles. The van der Waals surface area contributed by atoms with E-state index in [9.17, 15) is 28.1 Å². The van der Waals surface area contributed by atoms with Crippen molar-refractivity contribution in [2.45, 2.75) is 19.5 Å². The van der Waals surface area contributed by atoms with Crippen LogP contribution in [-0.4, -0.2) is 17.4 Å². The van der Waals surface area contributed by atoms with Crippen LogP contribution in [0.4, 0.5) is 30.2 Å². The SMILES string of the molecule is Cc1ccc(NC(=O)CCNc2ccc(C(F)(F)F)cc2[N+](=O)[O-])c(Cl)c1. The summed E-state index contributed by atoms with van der Waals surface area (Å²) in [7, 11) is 0. The van der Waals surface area contributed by atoms with Crippen LogP contribution < -0.4 is 10.6 Å². The van der Waals surface area contributed by atoms with Crippen molar-refractivity contribution in [3.05, 3.63) is 62.7 Å². The molecule has 0 aliphatic heterocycles. The van der Waals surface area contributed by atoms with E-state index in [0.717, 1.165) is 17.7 Å². The van der Waals surface area contributed by atoms with E-state index >= 15 is 0 Å². The Morgan fingerprint density at radius 2 is 1.85 bits per heavy atom. The molecule has 0 aliphatic carbocycles. The van der Waals surface area contributed by atoms with Gasteiger partial charge in [-0.15, -0.1) is 0 Å². The van der Waals surface area contributed by atoms with Gasteiger partial charge >= 0.3 is 6.18 Å². The summed E-state index contributed by atoms with van der Waals surface area (Å²) >= 11 is 6.01. The van der Waals surface area contributed by atoms with Gasteiger partial charge in [0.25, 0.3) is 5.69 Å².